The molecule has 0 aromatic heterocycles. The van der Waals surface area contributed by atoms with Gasteiger partial charge in [-0.25, -0.2) is 4.58 Å². The number of nitrogens with two attached hydrogens (primary N) is 1. The minimum absolute atomic E-state index is 0.0298. The van der Waals surface area contributed by atoms with Crippen LogP contribution in [0.4, 0.5) is 5.69 Å². The van der Waals surface area contributed by atoms with E-state index in [9.17, 15) is 4.79 Å². The Balaban J connectivity index is 1.32. The van der Waals surface area contributed by atoms with E-state index in [1.807, 2.05) is 12.1 Å². The number of ether oxygens (including phenoxy) is 1. The highest BCUT2D eigenvalue weighted by Gasteiger charge is 2.45. The van der Waals surface area contributed by atoms with Crippen LogP contribution in [0.5, 0.6) is 5.75 Å². The van der Waals surface area contributed by atoms with Crippen LogP contribution in [0.25, 0.3) is 5.57 Å². The van der Waals surface area contributed by atoms with Crippen LogP contribution in [-0.4, -0.2) is 55.5 Å². The van der Waals surface area contributed by atoms with Crippen molar-refractivity contribution in [3.8, 4) is 5.75 Å². The summed E-state index contributed by atoms with van der Waals surface area (Å²) in [5.74, 6) is 2.81. The van der Waals surface area contributed by atoms with Crippen LogP contribution in [0, 0.1) is 5.92 Å². The number of carbonyl (C=O) groups excluding carboxylic acids is 1. The SMILES string of the molecule is NCCCNC(=O)c1ccc(C2=C3CC4CCC[N+]5=C4C(=C3Oc3c2cc2c4c3CCCN4CCC2)CCC5)cc1. The van der Waals surface area contributed by atoms with Gasteiger partial charge in [0.15, 0.2) is 5.71 Å². The molecule has 6 nitrogen and oxygen atoms in total. The zero-order valence-electron chi connectivity index (χ0n) is 24.1. The predicted molar refractivity (Wildman–Crippen MR) is 163 cm³/mol. The van der Waals surface area contributed by atoms with Gasteiger partial charge >= 0.3 is 0 Å². The molecule has 1 amide bonds. The van der Waals surface area contributed by atoms with E-state index in [1.54, 1.807) is 5.71 Å². The van der Waals surface area contributed by atoms with Crippen LogP contribution in [0.2, 0.25) is 0 Å². The second kappa shape index (κ2) is 10.2. The van der Waals surface area contributed by atoms with Gasteiger partial charge in [-0.15, -0.1) is 0 Å². The number of hydrogen-bond donors (Lipinski definition) is 2. The maximum Gasteiger partial charge on any atom is 0.251 e. The summed E-state index contributed by atoms with van der Waals surface area (Å²) in [5, 5.41) is 3.00. The molecule has 5 heterocycles. The second-order valence-corrected chi connectivity index (χ2v) is 12.7. The number of fused-ring (bicyclic) bond motifs is 3. The largest absolute Gasteiger partial charge is 0.455 e. The fourth-order valence-corrected chi connectivity index (χ4v) is 8.50. The van der Waals surface area contributed by atoms with Crippen molar-refractivity contribution in [3.63, 3.8) is 0 Å². The number of benzene rings is 2. The molecule has 5 aliphatic heterocycles. The molecule has 0 spiro atoms. The molecule has 0 saturated carbocycles. The lowest BCUT2D eigenvalue weighted by molar-refractivity contribution is -0.538. The van der Waals surface area contributed by atoms with E-state index in [2.05, 4.69) is 33.0 Å². The van der Waals surface area contributed by atoms with Crippen molar-refractivity contribution in [1.29, 1.82) is 0 Å². The molecule has 1 unspecified atom stereocenters. The minimum atomic E-state index is -0.0298. The summed E-state index contributed by atoms with van der Waals surface area (Å²) in [6.45, 7) is 5.88. The Labute approximate surface area is 242 Å². The maximum atomic E-state index is 12.8. The summed E-state index contributed by atoms with van der Waals surface area (Å²) in [7, 11) is 0. The standard InChI is InChI=1S/C35H40N4O2/c36-14-5-15-37-35(40)23-12-10-22(11-13-23)30-28-20-24-6-1-16-38-18-3-8-26(31(24)38)33(28)41-34-27-9-4-19-39-17-2-7-25(32(27)39)21-29(30)34/h10-13,20,25H,1-9,14-19,21,36H2/p+1. The molecule has 2 aromatic rings. The highest BCUT2D eigenvalue weighted by molar-refractivity contribution is 6.04. The summed E-state index contributed by atoms with van der Waals surface area (Å²) in [4.78, 5) is 15.4. The molecule has 41 heavy (non-hydrogen) atoms. The number of carbonyl (C=O) groups is 1. The van der Waals surface area contributed by atoms with Crippen LogP contribution in [0.1, 0.15) is 84.0 Å². The fraction of sp³-hybridized carbons (Fsp3) is 0.486. The van der Waals surface area contributed by atoms with Crippen molar-refractivity contribution in [2.75, 3.05) is 44.2 Å². The summed E-state index contributed by atoms with van der Waals surface area (Å²) >= 11 is 0. The van der Waals surface area contributed by atoms with Gasteiger partial charge in [0.05, 0.1) is 5.57 Å². The highest BCUT2D eigenvalue weighted by atomic mass is 16.5. The summed E-state index contributed by atoms with van der Waals surface area (Å²) < 4.78 is 9.86. The monoisotopic (exact) mass is 549 g/mol. The quantitative estimate of drug-likeness (QED) is 0.408. The number of allylic oxidation sites excluding steroid dienone is 2. The van der Waals surface area contributed by atoms with Crippen molar-refractivity contribution in [1.82, 2.24) is 5.32 Å². The van der Waals surface area contributed by atoms with E-state index in [4.69, 9.17) is 10.5 Å². The molecule has 0 radical (unpaired) electrons. The minimum Gasteiger partial charge on any atom is -0.455 e. The number of nitrogens with one attached hydrogen (secondary N) is 1. The Morgan fingerprint density at radius 2 is 1.85 bits per heavy atom. The normalized spacial score (nSPS) is 22.5. The van der Waals surface area contributed by atoms with Gasteiger partial charge in [0.1, 0.15) is 24.6 Å². The van der Waals surface area contributed by atoms with Crippen LogP contribution >= 0.6 is 0 Å². The molecule has 2 aromatic carbocycles. The Hall–Kier alpha value is -3.38. The fourth-order valence-electron chi connectivity index (χ4n) is 8.50. The van der Waals surface area contributed by atoms with Crippen LogP contribution in [-0.2, 0) is 12.8 Å². The average Bonchev–Trinajstić information content (AvgIpc) is 3.01. The third kappa shape index (κ3) is 4.09. The number of hydrogen-bond acceptors (Lipinski definition) is 4. The van der Waals surface area contributed by atoms with Crippen LogP contribution < -0.4 is 20.7 Å². The van der Waals surface area contributed by atoms with E-state index >= 15 is 0 Å². The predicted octanol–water partition coefficient (Wildman–Crippen LogP) is 4.97. The first-order valence-electron chi connectivity index (χ1n) is 16.0. The number of amides is 1. The molecule has 8 rings (SSSR count). The molecule has 1 atom stereocenters. The third-order valence-electron chi connectivity index (χ3n) is 10.2. The van der Waals surface area contributed by atoms with Gasteiger partial charge in [-0.1, -0.05) is 12.1 Å². The van der Waals surface area contributed by atoms with E-state index < -0.39 is 0 Å². The Bertz CT molecular complexity index is 1520. The molecule has 0 saturated heterocycles. The zero-order valence-corrected chi connectivity index (χ0v) is 24.1. The van der Waals surface area contributed by atoms with Gasteiger partial charge in [0.2, 0.25) is 0 Å². The van der Waals surface area contributed by atoms with Gasteiger partial charge < -0.3 is 20.7 Å². The van der Waals surface area contributed by atoms with E-state index in [0.29, 0.717) is 24.6 Å². The lowest BCUT2D eigenvalue weighted by Crippen LogP contribution is -2.42. The lowest BCUT2D eigenvalue weighted by Gasteiger charge is -2.42. The molecule has 0 fully saturated rings. The van der Waals surface area contributed by atoms with Gasteiger partial charge in [-0.2, -0.15) is 0 Å². The Morgan fingerprint density at radius 1 is 1.02 bits per heavy atom. The molecule has 1 aliphatic carbocycles. The van der Waals surface area contributed by atoms with E-state index in [-0.39, 0.29) is 5.91 Å². The molecule has 212 valence electrons. The smallest absolute Gasteiger partial charge is 0.251 e. The lowest BCUT2D eigenvalue weighted by atomic mass is 9.72. The first kappa shape index (κ1) is 25.3. The van der Waals surface area contributed by atoms with Crippen molar-refractivity contribution < 1.29 is 14.1 Å². The summed E-state index contributed by atoms with van der Waals surface area (Å²) in [6.07, 6.45) is 11.3. The van der Waals surface area contributed by atoms with E-state index in [1.165, 1.54) is 89.9 Å². The summed E-state index contributed by atoms with van der Waals surface area (Å²) in [5.41, 5.74) is 18.9. The molecule has 6 heteroatoms. The Morgan fingerprint density at radius 3 is 2.71 bits per heavy atom. The first-order valence-corrected chi connectivity index (χ1v) is 16.0. The topological polar surface area (TPSA) is 70.6 Å². The summed E-state index contributed by atoms with van der Waals surface area (Å²) in [6, 6.07) is 10.8. The third-order valence-corrected chi connectivity index (χ3v) is 10.2. The Kier molecular flexibility index (Phi) is 6.28. The molecule has 3 N–H and O–H groups in total. The molecular formula is C35H41N4O2+. The molecular weight excluding hydrogens is 508 g/mol. The first-order chi connectivity index (χ1) is 20.2. The number of rotatable bonds is 5. The van der Waals surface area contributed by atoms with Gasteiger partial charge in [-0.3, -0.25) is 4.79 Å². The van der Waals surface area contributed by atoms with E-state index in [0.717, 1.165) is 56.7 Å². The van der Waals surface area contributed by atoms with Crippen LogP contribution in [0.15, 0.2) is 47.2 Å². The second-order valence-electron chi connectivity index (χ2n) is 12.7. The highest BCUT2D eigenvalue weighted by Crippen LogP contribution is 2.53. The van der Waals surface area contributed by atoms with Crippen molar-refractivity contribution >= 4 is 22.9 Å². The number of anilines is 1. The van der Waals surface area contributed by atoms with Crippen molar-refractivity contribution in [2.24, 2.45) is 11.7 Å². The maximum absolute atomic E-state index is 12.8. The van der Waals surface area contributed by atoms with Gasteiger partial charge in [0.25, 0.3) is 5.91 Å². The zero-order chi connectivity index (χ0) is 27.5. The molecule has 0 bridgehead atoms. The van der Waals surface area contributed by atoms with Gasteiger partial charge in [-0.05, 0) is 92.8 Å². The van der Waals surface area contributed by atoms with Crippen molar-refractivity contribution in [3.05, 3.63) is 75.1 Å². The van der Waals surface area contributed by atoms with Gasteiger partial charge in [0, 0.05) is 66.3 Å². The van der Waals surface area contributed by atoms with Crippen molar-refractivity contribution in [2.45, 2.75) is 64.2 Å². The number of aryl methyl sites for hydroxylation is 1. The molecule has 6 aliphatic rings. The number of nitrogens with zero attached hydrogens (tertiary/aromatic N) is 2. The average molecular weight is 550 g/mol. The van der Waals surface area contributed by atoms with Crippen LogP contribution in [0.3, 0.4) is 0 Å².